The third-order valence-electron chi connectivity index (χ3n) is 2.61. The first-order valence-corrected chi connectivity index (χ1v) is 5.96. The van der Waals surface area contributed by atoms with Crippen LogP contribution in [0.2, 0.25) is 5.02 Å². The fourth-order valence-corrected chi connectivity index (χ4v) is 2.00. The summed E-state index contributed by atoms with van der Waals surface area (Å²) in [5.74, 6) is -0.715. The van der Waals surface area contributed by atoms with Gasteiger partial charge in [-0.15, -0.1) is 0 Å². The molecule has 0 bridgehead atoms. The maximum absolute atomic E-state index is 13.3. The minimum absolute atomic E-state index is 0.0268. The molecule has 0 unspecified atom stereocenters. The van der Waals surface area contributed by atoms with Gasteiger partial charge in [-0.05, 0) is 34.6 Å². The molecule has 0 amide bonds. The Hall–Kier alpha value is -2.74. The molecule has 7 nitrogen and oxygen atoms in total. The van der Waals surface area contributed by atoms with E-state index in [1.54, 1.807) is 0 Å². The van der Waals surface area contributed by atoms with E-state index >= 15 is 0 Å². The number of nitrogens with zero attached hydrogens (tertiary/aromatic N) is 3. The Morgan fingerprint density at radius 3 is 2.81 bits per heavy atom. The summed E-state index contributed by atoms with van der Waals surface area (Å²) < 4.78 is 23.1. The Kier molecular flexibility index (Phi) is 3.15. The van der Waals surface area contributed by atoms with E-state index in [1.807, 2.05) is 0 Å². The van der Waals surface area contributed by atoms with Crippen molar-refractivity contribution in [3.8, 4) is 11.5 Å². The number of hydrogen-bond donors (Lipinski definition) is 0. The van der Waals surface area contributed by atoms with E-state index < -0.39 is 16.4 Å². The van der Waals surface area contributed by atoms with E-state index in [-0.39, 0.29) is 27.6 Å². The van der Waals surface area contributed by atoms with Gasteiger partial charge in [-0.2, -0.15) is 0 Å². The highest BCUT2D eigenvalue weighted by Gasteiger charge is 2.24. The molecule has 0 aliphatic rings. The van der Waals surface area contributed by atoms with Gasteiger partial charge in [0, 0.05) is 11.1 Å². The van der Waals surface area contributed by atoms with Crippen LogP contribution >= 0.6 is 11.6 Å². The summed E-state index contributed by atoms with van der Waals surface area (Å²) in [5.41, 5.74) is -0.263. The summed E-state index contributed by atoms with van der Waals surface area (Å²) in [6, 6.07) is 6.24. The SMILES string of the molecule is O=[N+]([O-])c1c(Oc2cc(F)cc(Cl)c2)ccc2nonc12. The highest BCUT2D eigenvalue weighted by molar-refractivity contribution is 6.30. The number of benzene rings is 2. The second-order valence-electron chi connectivity index (χ2n) is 4.01. The monoisotopic (exact) mass is 309 g/mol. The molecule has 0 fully saturated rings. The molecule has 9 heteroatoms. The predicted octanol–water partition coefficient (Wildman–Crippen LogP) is 3.72. The quantitative estimate of drug-likeness (QED) is 0.541. The van der Waals surface area contributed by atoms with Gasteiger partial charge in [0.25, 0.3) is 0 Å². The van der Waals surface area contributed by atoms with Gasteiger partial charge in [-0.1, -0.05) is 11.6 Å². The van der Waals surface area contributed by atoms with Crippen molar-refractivity contribution < 1.29 is 18.7 Å². The maximum Gasteiger partial charge on any atom is 0.342 e. The standard InChI is InChI=1S/C12H5ClFN3O4/c13-6-3-7(14)5-8(4-6)20-10-2-1-9-11(16-21-15-9)12(10)17(18)19/h1-5H. The largest absolute Gasteiger partial charge is 0.450 e. The molecular weight excluding hydrogens is 305 g/mol. The Morgan fingerprint density at radius 1 is 1.29 bits per heavy atom. The number of aromatic nitrogens is 2. The Bertz CT molecular complexity index is 831. The van der Waals surface area contributed by atoms with Crippen molar-refractivity contribution in [2.24, 2.45) is 0 Å². The van der Waals surface area contributed by atoms with Gasteiger partial charge >= 0.3 is 5.69 Å². The molecule has 0 radical (unpaired) electrons. The van der Waals surface area contributed by atoms with E-state index in [0.29, 0.717) is 0 Å². The molecule has 0 aliphatic heterocycles. The molecule has 0 saturated heterocycles. The second kappa shape index (κ2) is 4.98. The van der Waals surface area contributed by atoms with Crippen LogP contribution in [0.4, 0.5) is 10.1 Å². The van der Waals surface area contributed by atoms with Crippen LogP contribution in [0.3, 0.4) is 0 Å². The van der Waals surface area contributed by atoms with Crippen LogP contribution < -0.4 is 4.74 Å². The van der Waals surface area contributed by atoms with Crippen LogP contribution in [0.15, 0.2) is 35.0 Å². The van der Waals surface area contributed by atoms with Crippen molar-refractivity contribution in [3.63, 3.8) is 0 Å². The molecule has 0 atom stereocenters. The molecule has 0 aliphatic carbocycles. The molecule has 1 heterocycles. The number of nitro benzene ring substituents is 1. The van der Waals surface area contributed by atoms with Crippen LogP contribution in [0.1, 0.15) is 0 Å². The van der Waals surface area contributed by atoms with Crippen molar-refractivity contribution >= 4 is 28.3 Å². The van der Waals surface area contributed by atoms with Gasteiger partial charge < -0.3 is 4.74 Å². The lowest BCUT2D eigenvalue weighted by molar-refractivity contribution is -0.384. The molecule has 0 saturated carbocycles. The van der Waals surface area contributed by atoms with E-state index in [0.717, 1.165) is 12.1 Å². The third kappa shape index (κ3) is 2.48. The molecule has 21 heavy (non-hydrogen) atoms. The van der Waals surface area contributed by atoms with E-state index in [4.69, 9.17) is 16.3 Å². The maximum atomic E-state index is 13.3. The Morgan fingerprint density at radius 2 is 2.10 bits per heavy atom. The predicted molar refractivity (Wildman–Crippen MR) is 69.9 cm³/mol. The smallest absolute Gasteiger partial charge is 0.342 e. The molecule has 0 spiro atoms. The van der Waals surface area contributed by atoms with E-state index in [2.05, 4.69) is 14.9 Å². The van der Waals surface area contributed by atoms with Crippen LogP contribution in [0.25, 0.3) is 11.0 Å². The molecule has 106 valence electrons. The number of ether oxygens (including phenoxy) is 1. The summed E-state index contributed by atoms with van der Waals surface area (Å²) in [5, 5.41) is 18.3. The summed E-state index contributed by atoms with van der Waals surface area (Å²) >= 11 is 5.71. The lowest BCUT2D eigenvalue weighted by Crippen LogP contribution is -1.95. The fourth-order valence-electron chi connectivity index (χ4n) is 1.79. The number of halogens is 2. The summed E-state index contributed by atoms with van der Waals surface area (Å²) in [7, 11) is 0. The van der Waals surface area contributed by atoms with Crippen LogP contribution in [0.5, 0.6) is 11.5 Å². The first kappa shape index (κ1) is 13.3. The zero-order valence-electron chi connectivity index (χ0n) is 10.1. The van der Waals surface area contributed by atoms with Crippen molar-refractivity contribution in [1.82, 2.24) is 10.3 Å². The lowest BCUT2D eigenvalue weighted by Gasteiger charge is -2.06. The highest BCUT2D eigenvalue weighted by atomic mass is 35.5. The zero-order valence-corrected chi connectivity index (χ0v) is 10.9. The fraction of sp³-hybridized carbons (Fsp3) is 0. The number of hydrogen-bond acceptors (Lipinski definition) is 6. The van der Waals surface area contributed by atoms with Crippen LogP contribution in [0, 0.1) is 15.9 Å². The van der Waals surface area contributed by atoms with Crippen molar-refractivity contribution in [2.75, 3.05) is 0 Å². The lowest BCUT2D eigenvalue weighted by atomic mass is 10.2. The number of rotatable bonds is 3. The minimum Gasteiger partial charge on any atom is -0.450 e. The van der Waals surface area contributed by atoms with Gasteiger partial charge in [0.05, 0.1) is 4.92 Å². The topological polar surface area (TPSA) is 91.3 Å². The molecular formula is C12H5ClFN3O4. The van der Waals surface area contributed by atoms with Crippen molar-refractivity contribution in [3.05, 3.63) is 51.3 Å². The Labute approximate surface area is 121 Å². The van der Waals surface area contributed by atoms with E-state index in [1.165, 1.54) is 18.2 Å². The molecule has 3 aromatic rings. The Balaban J connectivity index is 2.11. The molecule has 0 N–H and O–H groups in total. The average Bonchev–Trinajstić information content (AvgIpc) is 2.84. The van der Waals surface area contributed by atoms with Gasteiger partial charge in [-0.3, -0.25) is 10.1 Å². The third-order valence-corrected chi connectivity index (χ3v) is 2.83. The first-order chi connectivity index (χ1) is 10.0. The van der Waals surface area contributed by atoms with Gasteiger partial charge in [0.1, 0.15) is 17.1 Å². The van der Waals surface area contributed by atoms with Crippen LogP contribution in [-0.4, -0.2) is 15.2 Å². The van der Waals surface area contributed by atoms with E-state index in [9.17, 15) is 14.5 Å². The minimum atomic E-state index is -0.678. The zero-order chi connectivity index (χ0) is 15.0. The summed E-state index contributed by atoms with van der Waals surface area (Å²) in [4.78, 5) is 10.5. The first-order valence-electron chi connectivity index (χ1n) is 5.58. The number of fused-ring (bicyclic) bond motifs is 1. The van der Waals surface area contributed by atoms with Gasteiger partial charge in [0.15, 0.2) is 0 Å². The normalized spacial score (nSPS) is 10.8. The molecule has 1 aromatic heterocycles. The molecule has 2 aromatic carbocycles. The van der Waals surface area contributed by atoms with Crippen LogP contribution in [-0.2, 0) is 0 Å². The average molecular weight is 310 g/mol. The second-order valence-corrected chi connectivity index (χ2v) is 4.45. The molecule has 3 rings (SSSR count). The highest BCUT2D eigenvalue weighted by Crippen LogP contribution is 2.37. The number of nitro groups is 1. The van der Waals surface area contributed by atoms with Gasteiger partial charge in [0.2, 0.25) is 11.3 Å². The van der Waals surface area contributed by atoms with Gasteiger partial charge in [-0.25, -0.2) is 9.02 Å². The summed E-state index contributed by atoms with van der Waals surface area (Å²) in [6.45, 7) is 0. The summed E-state index contributed by atoms with van der Waals surface area (Å²) in [6.07, 6.45) is 0. The van der Waals surface area contributed by atoms with Crippen molar-refractivity contribution in [1.29, 1.82) is 0 Å². The van der Waals surface area contributed by atoms with Crippen molar-refractivity contribution in [2.45, 2.75) is 0 Å².